The van der Waals surface area contributed by atoms with Crippen molar-refractivity contribution in [1.29, 1.82) is 0 Å². The van der Waals surface area contributed by atoms with Gasteiger partial charge in [-0.3, -0.25) is 0 Å². The Morgan fingerprint density at radius 1 is 1.45 bits per heavy atom. The molecule has 0 spiro atoms. The van der Waals surface area contributed by atoms with Gasteiger partial charge in [-0.2, -0.15) is 0 Å². The van der Waals surface area contributed by atoms with Gasteiger partial charge >= 0.3 is 0 Å². The Kier molecular flexibility index (Phi) is 4.17. The van der Waals surface area contributed by atoms with E-state index in [1.165, 1.54) is 29.6 Å². The summed E-state index contributed by atoms with van der Waals surface area (Å²) in [5.74, 6) is 1.81. The molecule has 1 fully saturated rings. The van der Waals surface area contributed by atoms with Gasteiger partial charge in [0, 0.05) is 18.5 Å². The zero-order valence-corrected chi connectivity index (χ0v) is 13.0. The lowest BCUT2D eigenvalue weighted by Crippen LogP contribution is -2.37. The van der Waals surface area contributed by atoms with Crippen LogP contribution in [0.2, 0.25) is 0 Å². The molecule has 1 unspecified atom stereocenters. The minimum Gasteiger partial charge on any atom is -0.359 e. The van der Waals surface area contributed by atoms with E-state index < -0.39 is 0 Å². The summed E-state index contributed by atoms with van der Waals surface area (Å²) in [6.07, 6.45) is 5.37. The maximum atomic E-state index is 4.52. The number of aryl methyl sites for hydroxylation is 1. The van der Waals surface area contributed by atoms with Crippen molar-refractivity contribution in [3.8, 4) is 0 Å². The molecule has 3 heterocycles. The topological polar surface area (TPSA) is 41.0 Å². The Morgan fingerprint density at radius 3 is 3.10 bits per heavy atom. The van der Waals surface area contributed by atoms with Crippen molar-refractivity contribution in [3.05, 3.63) is 17.3 Å². The van der Waals surface area contributed by atoms with E-state index in [1.807, 2.05) is 0 Å². The fourth-order valence-corrected chi connectivity index (χ4v) is 3.85. The summed E-state index contributed by atoms with van der Waals surface area (Å²) < 4.78 is 0. The molecule has 0 radical (unpaired) electrons. The molecule has 1 atom stereocenters. The minimum absolute atomic E-state index is 0.725. The van der Waals surface area contributed by atoms with E-state index in [0.29, 0.717) is 0 Å². The summed E-state index contributed by atoms with van der Waals surface area (Å²) in [4.78, 5) is 13.7. The smallest absolute Gasteiger partial charge is 0.140 e. The third-order valence-corrected chi connectivity index (χ3v) is 5.19. The van der Waals surface area contributed by atoms with Crippen LogP contribution < -0.4 is 10.2 Å². The summed E-state index contributed by atoms with van der Waals surface area (Å²) >= 11 is 1.78. The summed E-state index contributed by atoms with van der Waals surface area (Å²) in [6, 6.07) is 2.25. The molecule has 3 rings (SSSR count). The Labute approximate surface area is 124 Å². The molecule has 20 heavy (non-hydrogen) atoms. The summed E-state index contributed by atoms with van der Waals surface area (Å²) in [5.41, 5.74) is 0. The summed E-state index contributed by atoms with van der Waals surface area (Å²) in [5, 5.41) is 4.69. The summed E-state index contributed by atoms with van der Waals surface area (Å²) in [7, 11) is 2.15. The fourth-order valence-electron chi connectivity index (χ4n) is 2.92. The quantitative estimate of drug-likeness (QED) is 0.940. The number of piperidine rings is 1. The van der Waals surface area contributed by atoms with Crippen LogP contribution in [0.25, 0.3) is 10.2 Å². The Balaban J connectivity index is 1.82. The highest BCUT2D eigenvalue weighted by Gasteiger charge is 2.18. The maximum absolute atomic E-state index is 4.52. The van der Waals surface area contributed by atoms with Gasteiger partial charge in [0.25, 0.3) is 0 Å². The highest BCUT2D eigenvalue weighted by Crippen LogP contribution is 2.30. The van der Waals surface area contributed by atoms with Crippen LogP contribution in [0.1, 0.15) is 24.6 Å². The van der Waals surface area contributed by atoms with E-state index in [4.69, 9.17) is 0 Å². The number of nitrogens with one attached hydrogen (secondary N) is 1. The number of hydrogen-bond donors (Lipinski definition) is 1. The predicted octanol–water partition coefficient (Wildman–Crippen LogP) is 2.69. The molecule has 108 valence electrons. The van der Waals surface area contributed by atoms with Crippen LogP contribution >= 0.6 is 11.3 Å². The molecule has 0 aromatic carbocycles. The number of aromatic nitrogens is 2. The van der Waals surface area contributed by atoms with Crippen molar-refractivity contribution >= 4 is 27.4 Å². The number of hydrogen-bond acceptors (Lipinski definition) is 5. The van der Waals surface area contributed by atoms with Gasteiger partial charge in [0.05, 0.1) is 5.39 Å². The second-order valence-electron chi connectivity index (χ2n) is 5.58. The lowest BCUT2D eigenvalue weighted by Gasteiger charge is -2.28. The molecule has 0 amide bonds. The van der Waals surface area contributed by atoms with Crippen LogP contribution in [0.4, 0.5) is 5.82 Å². The third kappa shape index (κ3) is 2.79. The first-order valence-corrected chi connectivity index (χ1v) is 8.25. The fraction of sp³-hybridized carbons (Fsp3) is 0.600. The molecule has 5 heteroatoms. The summed E-state index contributed by atoms with van der Waals surface area (Å²) in [6.45, 7) is 5.55. The lowest BCUT2D eigenvalue weighted by molar-refractivity contribution is 0.381. The standard InChI is InChI=1S/C15H22N4S/c1-3-12-7-13-14(17-10-18-15(13)20-12)19(2)9-11-5-4-6-16-8-11/h7,10-11,16H,3-6,8-9H2,1-2H3. The van der Waals surface area contributed by atoms with Crippen molar-refractivity contribution in [2.45, 2.75) is 26.2 Å². The molecular formula is C15H22N4S. The van der Waals surface area contributed by atoms with Crippen molar-refractivity contribution in [3.63, 3.8) is 0 Å². The molecule has 4 nitrogen and oxygen atoms in total. The molecule has 1 aliphatic heterocycles. The highest BCUT2D eigenvalue weighted by molar-refractivity contribution is 7.18. The Hall–Kier alpha value is -1.20. The normalized spacial score (nSPS) is 19.4. The molecule has 2 aromatic rings. The number of anilines is 1. The largest absolute Gasteiger partial charge is 0.359 e. The van der Waals surface area contributed by atoms with Crippen LogP contribution in [0, 0.1) is 5.92 Å². The van der Waals surface area contributed by atoms with E-state index in [2.05, 4.69) is 40.2 Å². The second-order valence-corrected chi connectivity index (χ2v) is 6.69. The Morgan fingerprint density at radius 2 is 2.35 bits per heavy atom. The Bertz CT molecular complexity index is 574. The van der Waals surface area contributed by atoms with E-state index in [9.17, 15) is 0 Å². The average Bonchev–Trinajstić information content (AvgIpc) is 2.91. The highest BCUT2D eigenvalue weighted by atomic mass is 32.1. The first-order chi connectivity index (χ1) is 9.78. The predicted molar refractivity (Wildman–Crippen MR) is 85.7 cm³/mol. The number of fused-ring (bicyclic) bond motifs is 1. The number of nitrogens with zero attached hydrogens (tertiary/aromatic N) is 3. The molecule has 1 N–H and O–H groups in total. The number of rotatable bonds is 4. The molecule has 1 aliphatic rings. The van der Waals surface area contributed by atoms with E-state index in [1.54, 1.807) is 17.7 Å². The monoisotopic (exact) mass is 290 g/mol. The van der Waals surface area contributed by atoms with Gasteiger partial charge in [0.2, 0.25) is 0 Å². The zero-order valence-electron chi connectivity index (χ0n) is 12.2. The van der Waals surface area contributed by atoms with Gasteiger partial charge < -0.3 is 10.2 Å². The van der Waals surface area contributed by atoms with Crippen molar-refractivity contribution < 1.29 is 0 Å². The molecule has 2 aromatic heterocycles. The van der Waals surface area contributed by atoms with Crippen molar-refractivity contribution in [2.75, 3.05) is 31.6 Å². The van der Waals surface area contributed by atoms with Crippen LogP contribution in [-0.4, -0.2) is 36.6 Å². The minimum atomic E-state index is 0.725. The maximum Gasteiger partial charge on any atom is 0.140 e. The first-order valence-electron chi connectivity index (χ1n) is 7.43. The zero-order chi connectivity index (χ0) is 13.9. The van der Waals surface area contributed by atoms with Crippen LogP contribution in [0.15, 0.2) is 12.4 Å². The molecule has 0 aliphatic carbocycles. The van der Waals surface area contributed by atoms with Gasteiger partial charge in [-0.1, -0.05) is 6.92 Å². The third-order valence-electron chi connectivity index (χ3n) is 4.00. The van der Waals surface area contributed by atoms with E-state index in [-0.39, 0.29) is 0 Å². The van der Waals surface area contributed by atoms with Gasteiger partial charge in [0.15, 0.2) is 0 Å². The lowest BCUT2D eigenvalue weighted by atomic mass is 9.99. The van der Waals surface area contributed by atoms with Gasteiger partial charge in [-0.05, 0) is 44.3 Å². The molecular weight excluding hydrogens is 268 g/mol. The SMILES string of the molecule is CCc1cc2c(N(C)CC3CCCNC3)ncnc2s1. The number of thiophene rings is 1. The van der Waals surface area contributed by atoms with Gasteiger partial charge in [-0.15, -0.1) is 11.3 Å². The van der Waals surface area contributed by atoms with Gasteiger partial charge in [-0.25, -0.2) is 9.97 Å². The first kappa shape index (κ1) is 13.8. The molecule has 0 saturated carbocycles. The van der Waals surface area contributed by atoms with Crippen LogP contribution in [-0.2, 0) is 6.42 Å². The van der Waals surface area contributed by atoms with Crippen LogP contribution in [0.3, 0.4) is 0 Å². The average molecular weight is 290 g/mol. The van der Waals surface area contributed by atoms with E-state index >= 15 is 0 Å². The second kappa shape index (κ2) is 6.06. The van der Waals surface area contributed by atoms with Crippen molar-refractivity contribution in [1.82, 2.24) is 15.3 Å². The van der Waals surface area contributed by atoms with Crippen LogP contribution in [0.5, 0.6) is 0 Å². The van der Waals surface area contributed by atoms with Gasteiger partial charge in [0.1, 0.15) is 17.0 Å². The molecule has 0 bridgehead atoms. The molecule has 1 saturated heterocycles. The van der Waals surface area contributed by atoms with Crippen molar-refractivity contribution in [2.24, 2.45) is 5.92 Å². The van der Waals surface area contributed by atoms with E-state index in [0.717, 1.165) is 36.1 Å².